The average Bonchev–Trinajstić information content (AvgIpc) is 3.14. The third-order valence-corrected chi connectivity index (χ3v) is 3.86. The van der Waals surface area contributed by atoms with Crippen molar-refractivity contribution < 1.29 is 0 Å². The minimum atomic E-state index is 0.757. The van der Waals surface area contributed by atoms with E-state index in [4.69, 9.17) is 5.26 Å². The van der Waals surface area contributed by atoms with E-state index in [2.05, 4.69) is 30.3 Å². The lowest BCUT2D eigenvalue weighted by Gasteiger charge is -2.27. The molecule has 0 aliphatic heterocycles. The summed E-state index contributed by atoms with van der Waals surface area (Å²) in [6.45, 7) is 0. The summed E-state index contributed by atoms with van der Waals surface area (Å²) in [5, 5.41) is 8.81. The molecule has 0 spiro atoms. The molecule has 1 aromatic carbocycles. The zero-order valence-corrected chi connectivity index (χ0v) is 9.32. The van der Waals surface area contributed by atoms with Crippen molar-refractivity contribution in [3.8, 4) is 6.07 Å². The summed E-state index contributed by atoms with van der Waals surface area (Å²) in [7, 11) is 0. The normalized spacial score (nSPS) is 26.2. The van der Waals surface area contributed by atoms with Gasteiger partial charge in [0.05, 0.1) is 6.07 Å². The number of fused-ring (bicyclic) bond motifs is 1. The molecular formula is C15H15N. The molecule has 0 N–H and O–H groups in total. The number of hydrogen-bond acceptors (Lipinski definition) is 1. The quantitative estimate of drug-likeness (QED) is 0.644. The maximum atomic E-state index is 8.81. The van der Waals surface area contributed by atoms with E-state index >= 15 is 0 Å². The van der Waals surface area contributed by atoms with Gasteiger partial charge in [-0.3, -0.25) is 0 Å². The molecule has 2 aliphatic rings. The van der Waals surface area contributed by atoms with Crippen molar-refractivity contribution in [1.82, 2.24) is 0 Å². The van der Waals surface area contributed by atoms with Crippen LogP contribution in [0.2, 0.25) is 0 Å². The molecule has 80 valence electrons. The van der Waals surface area contributed by atoms with Crippen LogP contribution >= 0.6 is 0 Å². The van der Waals surface area contributed by atoms with Crippen molar-refractivity contribution in [3.63, 3.8) is 0 Å². The molecule has 2 aliphatic carbocycles. The number of hydrogen-bond donors (Lipinski definition) is 0. The molecule has 1 nitrogen and oxygen atoms in total. The Hall–Kier alpha value is -1.55. The maximum Gasteiger partial charge on any atom is 0.0915 e. The van der Waals surface area contributed by atoms with Gasteiger partial charge in [0.1, 0.15) is 0 Å². The first-order chi connectivity index (χ1) is 7.90. The van der Waals surface area contributed by atoms with Gasteiger partial charge in [0.15, 0.2) is 0 Å². The maximum absolute atomic E-state index is 8.81. The molecule has 0 aromatic heterocycles. The lowest BCUT2D eigenvalue weighted by molar-refractivity contribution is 0.553. The zero-order valence-electron chi connectivity index (χ0n) is 9.32. The van der Waals surface area contributed by atoms with Crippen LogP contribution < -0.4 is 0 Å². The first-order valence-corrected chi connectivity index (χ1v) is 6.08. The third kappa shape index (κ3) is 1.55. The summed E-state index contributed by atoms with van der Waals surface area (Å²) in [5.41, 5.74) is 4.04. The Morgan fingerprint density at radius 2 is 2.00 bits per heavy atom. The molecule has 1 unspecified atom stereocenters. The van der Waals surface area contributed by atoms with Crippen molar-refractivity contribution in [1.29, 1.82) is 5.26 Å². The van der Waals surface area contributed by atoms with Gasteiger partial charge in [-0.05, 0) is 54.2 Å². The van der Waals surface area contributed by atoms with Crippen LogP contribution in [0.3, 0.4) is 0 Å². The Balaban J connectivity index is 2.06. The molecule has 1 heteroatoms. The SMILES string of the molecule is N#C/C=C1\CCC(C2CC2)c2ccccc21. The number of rotatable bonds is 1. The van der Waals surface area contributed by atoms with E-state index in [0.29, 0.717) is 0 Å². The van der Waals surface area contributed by atoms with Gasteiger partial charge in [0.25, 0.3) is 0 Å². The first-order valence-electron chi connectivity index (χ1n) is 6.08. The number of nitriles is 1. The summed E-state index contributed by atoms with van der Waals surface area (Å²) in [6.07, 6.45) is 6.83. The van der Waals surface area contributed by atoms with Crippen LogP contribution in [0.4, 0.5) is 0 Å². The van der Waals surface area contributed by atoms with E-state index in [-0.39, 0.29) is 0 Å². The summed E-state index contributed by atoms with van der Waals surface area (Å²) in [4.78, 5) is 0. The van der Waals surface area contributed by atoms with Gasteiger partial charge in [-0.1, -0.05) is 24.3 Å². The van der Waals surface area contributed by atoms with Crippen molar-refractivity contribution in [2.45, 2.75) is 31.6 Å². The predicted molar refractivity (Wildman–Crippen MR) is 64.7 cm³/mol. The lowest BCUT2D eigenvalue weighted by Crippen LogP contribution is -2.10. The van der Waals surface area contributed by atoms with Gasteiger partial charge in [-0.15, -0.1) is 0 Å². The molecule has 1 saturated carbocycles. The second-order valence-corrected chi connectivity index (χ2v) is 4.87. The van der Waals surface area contributed by atoms with Gasteiger partial charge < -0.3 is 0 Å². The average molecular weight is 209 g/mol. The number of allylic oxidation sites excluding steroid dienone is 2. The highest BCUT2D eigenvalue weighted by atomic mass is 14.4. The largest absolute Gasteiger partial charge is 0.193 e. The number of benzene rings is 1. The second kappa shape index (κ2) is 3.79. The Labute approximate surface area is 96.4 Å². The molecular weight excluding hydrogens is 194 g/mol. The van der Waals surface area contributed by atoms with Gasteiger partial charge in [0.2, 0.25) is 0 Å². The molecule has 16 heavy (non-hydrogen) atoms. The van der Waals surface area contributed by atoms with Crippen molar-refractivity contribution >= 4 is 5.57 Å². The predicted octanol–water partition coefficient (Wildman–Crippen LogP) is 3.88. The highest BCUT2D eigenvalue weighted by molar-refractivity contribution is 5.72. The van der Waals surface area contributed by atoms with Gasteiger partial charge in [-0.25, -0.2) is 0 Å². The smallest absolute Gasteiger partial charge is 0.0915 e. The molecule has 1 aromatic rings. The monoisotopic (exact) mass is 209 g/mol. The Morgan fingerprint density at radius 3 is 2.75 bits per heavy atom. The zero-order chi connectivity index (χ0) is 11.0. The first kappa shape index (κ1) is 9.66. The van der Waals surface area contributed by atoms with E-state index in [1.54, 1.807) is 6.08 Å². The summed E-state index contributed by atoms with van der Waals surface area (Å²) in [5.74, 6) is 1.68. The van der Waals surface area contributed by atoms with Crippen molar-refractivity contribution in [3.05, 3.63) is 41.5 Å². The third-order valence-electron chi connectivity index (χ3n) is 3.86. The van der Waals surface area contributed by atoms with Crippen LogP contribution in [0.15, 0.2) is 30.3 Å². The number of nitrogens with zero attached hydrogens (tertiary/aromatic N) is 1. The van der Waals surface area contributed by atoms with Gasteiger partial charge in [-0.2, -0.15) is 5.26 Å². The standard InChI is InChI=1S/C15H15N/c16-10-9-12-7-8-14(11-5-6-11)15-4-2-1-3-13(12)15/h1-4,9,11,14H,5-8H2/b12-9+. The van der Waals surface area contributed by atoms with Gasteiger partial charge >= 0.3 is 0 Å². The van der Waals surface area contributed by atoms with Crippen LogP contribution in [0, 0.1) is 17.2 Å². The minimum absolute atomic E-state index is 0.757. The fraction of sp³-hybridized carbons (Fsp3) is 0.400. The fourth-order valence-corrected chi connectivity index (χ4v) is 2.93. The molecule has 0 radical (unpaired) electrons. The molecule has 0 amide bonds. The molecule has 0 saturated heterocycles. The topological polar surface area (TPSA) is 23.8 Å². The molecule has 0 heterocycles. The van der Waals surface area contributed by atoms with Crippen LogP contribution in [-0.2, 0) is 0 Å². The summed E-state index contributed by atoms with van der Waals surface area (Å²) < 4.78 is 0. The second-order valence-electron chi connectivity index (χ2n) is 4.87. The molecule has 1 fully saturated rings. The molecule has 3 rings (SSSR count). The van der Waals surface area contributed by atoms with Gasteiger partial charge in [0, 0.05) is 6.08 Å². The van der Waals surface area contributed by atoms with E-state index in [0.717, 1.165) is 18.3 Å². The van der Waals surface area contributed by atoms with Crippen LogP contribution in [-0.4, -0.2) is 0 Å². The van der Waals surface area contributed by atoms with Crippen LogP contribution in [0.5, 0.6) is 0 Å². The highest BCUT2D eigenvalue weighted by Gasteiger charge is 2.35. The van der Waals surface area contributed by atoms with Crippen LogP contribution in [0.1, 0.15) is 42.7 Å². The minimum Gasteiger partial charge on any atom is -0.193 e. The summed E-state index contributed by atoms with van der Waals surface area (Å²) >= 11 is 0. The van der Waals surface area contributed by atoms with E-state index in [1.165, 1.54) is 36.0 Å². The van der Waals surface area contributed by atoms with E-state index in [1.807, 2.05) is 0 Å². The summed E-state index contributed by atoms with van der Waals surface area (Å²) in [6, 6.07) is 10.8. The lowest BCUT2D eigenvalue weighted by atomic mass is 9.77. The van der Waals surface area contributed by atoms with Crippen molar-refractivity contribution in [2.75, 3.05) is 0 Å². The Kier molecular flexibility index (Phi) is 2.29. The molecule has 1 atom stereocenters. The van der Waals surface area contributed by atoms with E-state index in [9.17, 15) is 0 Å². The Morgan fingerprint density at radius 1 is 1.19 bits per heavy atom. The van der Waals surface area contributed by atoms with Crippen molar-refractivity contribution in [2.24, 2.45) is 5.92 Å². The molecule has 0 bridgehead atoms. The van der Waals surface area contributed by atoms with Crippen LogP contribution in [0.25, 0.3) is 5.57 Å². The fourth-order valence-electron chi connectivity index (χ4n) is 2.93. The van der Waals surface area contributed by atoms with E-state index < -0.39 is 0 Å². The highest BCUT2D eigenvalue weighted by Crippen LogP contribution is 2.50. The Bertz CT molecular complexity index is 474.